The second kappa shape index (κ2) is 8.30. The predicted molar refractivity (Wildman–Crippen MR) is 110 cm³/mol. The average molecular weight is 378 g/mol. The lowest BCUT2D eigenvalue weighted by Gasteiger charge is -2.30. The summed E-state index contributed by atoms with van der Waals surface area (Å²) in [5.74, 6) is -0.0447. The molecule has 1 atom stereocenters. The van der Waals surface area contributed by atoms with Crippen LogP contribution in [0.5, 0.6) is 0 Å². The maximum absolute atomic E-state index is 13.0. The van der Waals surface area contributed by atoms with Crippen LogP contribution in [0.4, 0.5) is 4.79 Å². The Hall–Kier alpha value is -3.08. The van der Waals surface area contributed by atoms with E-state index < -0.39 is 12.0 Å². The molecular formula is C23H26N2O3. The summed E-state index contributed by atoms with van der Waals surface area (Å²) in [5.41, 5.74) is 3.67. The second-order valence-electron chi connectivity index (χ2n) is 7.46. The molecule has 2 N–H and O–H groups in total. The minimum Gasteiger partial charge on any atom is -0.459 e. The maximum atomic E-state index is 13.0. The van der Waals surface area contributed by atoms with Crippen molar-refractivity contribution in [2.75, 3.05) is 0 Å². The Balaban J connectivity index is 2.12. The summed E-state index contributed by atoms with van der Waals surface area (Å²) in [7, 11) is 0. The molecule has 0 spiro atoms. The van der Waals surface area contributed by atoms with Crippen molar-refractivity contribution < 1.29 is 14.3 Å². The molecule has 28 heavy (non-hydrogen) atoms. The fourth-order valence-electron chi connectivity index (χ4n) is 3.22. The Morgan fingerprint density at radius 1 is 0.964 bits per heavy atom. The number of hydrogen-bond donors (Lipinski definition) is 2. The van der Waals surface area contributed by atoms with Crippen molar-refractivity contribution in [3.63, 3.8) is 0 Å². The number of ether oxygens (including phenoxy) is 1. The summed E-state index contributed by atoms with van der Waals surface area (Å²) >= 11 is 0. The number of nitrogens with one attached hydrogen (secondary N) is 2. The molecule has 0 saturated heterocycles. The van der Waals surface area contributed by atoms with E-state index in [1.165, 1.54) is 5.56 Å². The Labute approximate surface area is 165 Å². The maximum Gasteiger partial charge on any atom is 0.338 e. The third-order valence-corrected chi connectivity index (χ3v) is 4.63. The van der Waals surface area contributed by atoms with Gasteiger partial charge < -0.3 is 15.4 Å². The molecule has 146 valence electrons. The fourth-order valence-corrected chi connectivity index (χ4v) is 3.22. The highest BCUT2D eigenvalue weighted by Gasteiger charge is 2.34. The van der Waals surface area contributed by atoms with Crippen molar-refractivity contribution >= 4 is 17.7 Å². The predicted octanol–water partition coefficient (Wildman–Crippen LogP) is 4.53. The lowest BCUT2D eigenvalue weighted by molar-refractivity contribution is -0.143. The first-order chi connectivity index (χ1) is 13.4. The van der Waals surface area contributed by atoms with Gasteiger partial charge >= 0.3 is 12.0 Å². The Morgan fingerprint density at radius 2 is 1.61 bits per heavy atom. The molecule has 5 heteroatoms. The minimum absolute atomic E-state index is 0.265. The van der Waals surface area contributed by atoms with Crippen LogP contribution in [0.2, 0.25) is 0 Å². The standard InChI is InChI=1S/C23H26N2O3/c1-14(2)16-10-12-18(13-11-16)21-19(22(26)28-15(3)4)20(24-23(27)25-21)17-8-6-5-7-9-17/h5-15,21H,1-4H3,(H2,24,25,27). The van der Waals surface area contributed by atoms with E-state index in [1.54, 1.807) is 0 Å². The molecule has 2 aromatic carbocycles. The van der Waals surface area contributed by atoms with Crippen molar-refractivity contribution in [1.82, 2.24) is 10.6 Å². The number of rotatable bonds is 5. The molecule has 0 fully saturated rings. The SMILES string of the molecule is CC(C)OC(=O)C1=C(c2ccccc2)NC(=O)NC1c1ccc(C(C)C)cc1. The van der Waals surface area contributed by atoms with E-state index in [0.29, 0.717) is 17.2 Å². The van der Waals surface area contributed by atoms with Gasteiger partial charge in [0.05, 0.1) is 23.4 Å². The van der Waals surface area contributed by atoms with Gasteiger partial charge in [-0.2, -0.15) is 0 Å². The number of carbonyl (C=O) groups excluding carboxylic acids is 2. The summed E-state index contributed by atoms with van der Waals surface area (Å²) in [6.07, 6.45) is -0.265. The summed E-state index contributed by atoms with van der Waals surface area (Å²) in [6.45, 7) is 7.87. The molecule has 0 aliphatic carbocycles. The summed E-state index contributed by atoms with van der Waals surface area (Å²) in [6, 6.07) is 16.4. The highest BCUT2D eigenvalue weighted by molar-refractivity contribution is 6.04. The first kappa shape index (κ1) is 19.7. The van der Waals surface area contributed by atoms with Crippen LogP contribution >= 0.6 is 0 Å². The van der Waals surface area contributed by atoms with Crippen LogP contribution in [0.3, 0.4) is 0 Å². The molecule has 1 heterocycles. The van der Waals surface area contributed by atoms with Gasteiger partial charge in [-0.3, -0.25) is 0 Å². The zero-order valence-electron chi connectivity index (χ0n) is 16.7. The van der Waals surface area contributed by atoms with Crippen LogP contribution in [0, 0.1) is 0 Å². The third-order valence-electron chi connectivity index (χ3n) is 4.63. The van der Waals surface area contributed by atoms with Gasteiger partial charge in [-0.15, -0.1) is 0 Å². The smallest absolute Gasteiger partial charge is 0.338 e. The van der Waals surface area contributed by atoms with Crippen molar-refractivity contribution in [1.29, 1.82) is 0 Å². The molecule has 2 aromatic rings. The van der Waals surface area contributed by atoms with Gasteiger partial charge in [0, 0.05) is 0 Å². The topological polar surface area (TPSA) is 67.4 Å². The van der Waals surface area contributed by atoms with Gasteiger partial charge in [-0.05, 0) is 36.5 Å². The second-order valence-corrected chi connectivity index (χ2v) is 7.46. The summed E-state index contributed by atoms with van der Waals surface area (Å²) in [5, 5.41) is 5.67. The molecular weight excluding hydrogens is 352 g/mol. The number of benzene rings is 2. The number of amides is 2. The van der Waals surface area contributed by atoms with E-state index in [1.807, 2.05) is 68.4 Å². The van der Waals surface area contributed by atoms with Crippen LogP contribution in [-0.2, 0) is 9.53 Å². The van der Waals surface area contributed by atoms with E-state index >= 15 is 0 Å². The molecule has 1 aliphatic rings. The van der Waals surface area contributed by atoms with E-state index in [2.05, 4.69) is 24.5 Å². The van der Waals surface area contributed by atoms with Crippen LogP contribution < -0.4 is 10.6 Å². The number of carbonyl (C=O) groups is 2. The van der Waals surface area contributed by atoms with Crippen LogP contribution in [0.15, 0.2) is 60.2 Å². The summed E-state index contributed by atoms with van der Waals surface area (Å²) in [4.78, 5) is 25.4. The molecule has 2 amide bonds. The van der Waals surface area contributed by atoms with Gasteiger partial charge in [0.15, 0.2) is 0 Å². The Morgan fingerprint density at radius 3 is 2.18 bits per heavy atom. The number of esters is 1. The highest BCUT2D eigenvalue weighted by atomic mass is 16.5. The zero-order valence-corrected chi connectivity index (χ0v) is 16.7. The van der Waals surface area contributed by atoms with Crippen LogP contribution in [0.1, 0.15) is 56.3 Å². The molecule has 0 bridgehead atoms. The summed E-state index contributed by atoms with van der Waals surface area (Å²) < 4.78 is 5.50. The van der Waals surface area contributed by atoms with E-state index in [0.717, 1.165) is 11.1 Å². The number of urea groups is 1. The first-order valence-electron chi connectivity index (χ1n) is 9.54. The average Bonchev–Trinajstić information content (AvgIpc) is 2.67. The van der Waals surface area contributed by atoms with E-state index in [9.17, 15) is 9.59 Å². The lowest BCUT2D eigenvalue weighted by Crippen LogP contribution is -2.45. The minimum atomic E-state index is -0.587. The van der Waals surface area contributed by atoms with Gasteiger partial charge in [-0.25, -0.2) is 9.59 Å². The number of hydrogen-bond acceptors (Lipinski definition) is 3. The van der Waals surface area contributed by atoms with Gasteiger partial charge in [0.1, 0.15) is 0 Å². The fraction of sp³-hybridized carbons (Fsp3) is 0.304. The normalized spacial score (nSPS) is 16.8. The monoisotopic (exact) mass is 378 g/mol. The Bertz CT molecular complexity index is 884. The van der Waals surface area contributed by atoms with Crippen LogP contribution in [0.25, 0.3) is 5.70 Å². The highest BCUT2D eigenvalue weighted by Crippen LogP contribution is 2.32. The molecule has 5 nitrogen and oxygen atoms in total. The van der Waals surface area contributed by atoms with Crippen molar-refractivity contribution in [2.45, 2.75) is 45.8 Å². The van der Waals surface area contributed by atoms with Gasteiger partial charge in [0.2, 0.25) is 0 Å². The van der Waals surface area contributed by atoms with Gasteiger partial charge in [0.25, 0.3) is 0 Å². The third kappa shape index (κ3) is 4.25. The molecule has 0 aromatic heterocycles. The van der Waals surface area contributed by atoms with Crippen molar-refractivity contribution in [2.24, 2.45) is 0 Å². The van der Waals surface area contributed by atoms with Gasteiger partial charge in [-0.1, -0.05) is 68.4 Å². The molecule has 0 radical (unpaired) electrons. The molecule has 1 unspecified atom stereocenters. The van der Waals surface area contributed by atoms with Crippen LogP contribution in [-0.4, -0.2) is 18.1 Å². The Kier molecular flexibility index (Phi) is 5.83. The lowest BCUT2D eigenvalue weighted by atomic mass is 9.91. The largest absolute Gasteiger partial charge is 0.459 e. The van der Waals surface area contributed by atoms with E-state index in [-0.39, 0.29) is 12.1 Å². The van der Waals surface area contributed by atoms with E-state index in [4.69, 9.17) is 4.74 Å². The van der Waals surface area contributed by atoms with Crippen molar-refractivity contribution in [3.05, 3.63) is 76.9 Å². The zero-order chi connectivity index (χ0) is 20.3. The molecule has 1 aliphatic heterocycles. The van der Waals surface area contributed by atoms with Crippen molar-refractivity contribution in [3.8, 4) is 0 Å². The quantitative estimate of drug-likeness (QED) is 0.752. The first-order valence-corrected chi connectivity index (χ1v) is 9.54. The molecule has 3 rings (SSSR count). The molecule has 0 saturated carbocycles.